The molecule has 2 N–H and O–H groups in total. The first-order valence-corrected chi connectivity index (χ1v) is 11.4. The van der Waals surface area contributed by atoms with Gasteiger partial charge < -0.3 is 5.32 Å². The molecule has 3 aromatic rings. The first-order valence-electron chi connectivity index (χ1n) is 9.96. The van der Waals surface area contributed by atoms with Gasteiger partial charge in [-0.3, -0.25) is 9.48 Å². The van der Waals surface area contributed by atoms with Gasteiger partial charge in [0.05, 0.1) is 12.2 Å². The summed E-state index contributed by atoms with van der Waals surface area (Å²) in [6.45, 7) is -0.0716. The number of nitrogens with zero attached hydrogens (tertiary/aromatic N) is 2. The summed E-state index contributed by atoms with van der Waals surface area (Å²) in [4.78, 5) is 12.9. The number of nitrogens with one attached hydrogen (secondary N) is 2. The Morgan fingerprint density at radius 1 is 1.23 bits per heavy atom. The molecule has 1 heterocycles. The molecule has 0 radical (unpaired) electrons. The fourth-order valence-electron chi connectivity index (χ4n) is 3.39. The van der Waals surface area contributed by atoms with Crippen LogP contribution >= 0.6 is 0 Å². The van der Waals surface area contributed by atoms with Crippen molar-refractivity contribution in [3.05, 3.63) is 83.4 Å². The highest BCUT2D eigenvalue weighted by atomic mass is 32.2. The number of amides is 1. The first-order chi connectivity index (χ1) is 14.8. The molecule has 1 fully saturated rings. The third-order valence-electron chi connectivity index (χ3n) is 5.21. The largest absolute Gasteiger partial charge is 0.344 e. The number of aromatic nitrogens is 2. The molecule has 1 unspecified atom stereocenters. The highest BCUT2D eigenvalue weighted by Gasteiger charge is 2.26. The standard InChI is InChI=1S/C22H23FN4O3S/c1-27-14-20(12-24-27)31(29,30)25-13-21(16-5-3-2-4-6-16)26-22(28)18-9-17(15-7-8-15)10-19(23)11-18/h2-6,9-12,14-15,21,25H,7-8,13H2,1H3,(H,26,28). The summed E-state index contributed by atoms with van der Waals surface area (Å²) >= 11 is 0. The average molecular weight is 443 g/mol. The highest BCUT2D eigenvalue weighted by molar-refractivity contribution is 7.89. The molecule has 1 amide bonds. The van der Waals surface area contributed by atoms with Crippen molar-refractivity contribution in [2.24, 2.45) is 7.05 Å². The molecule has 0 spiro atoms. The van der Waals surface area contributed by atoms with Gasteiger partial charge in [0.25, 0.3) is 5.91 Å². The van der Waals surface area contributed by atoms with Crippen LogP contribution in [0.1, 0.15) is 46.3 Å². The van der Waals surface area contributed by atoms with Crippen LogP contribution in [0.5, 0.6) is 0 Å². The zero-order chi connectivity index (χ0) is 22.0. The second-order valence-corrected chi connectivity index (χ2v) is 9.45. The van der Waals surface area contributed by atoms with Crippen LogP contribution in [-0.4, -0.2) is 30.7 Å². The van der Waals surface area contributed by atoms with E-state index in [1.165, 1.54) is 29.2 Å². The van der Waals surface area contributed by atoms with Gasteiger partial charge in [-0.1, -0.05) is 30.3 Å². The Balaban J connectivity index is 1.54. The van der Waals surface area contributed by atoms with Gasteiger partial charge in [-0.05, 0) is 48.1 Å². The van der Waals surface area contributed by atoms with Crippen molar-refractivity contribution in [3.63, 3.8) is 0 Å². The zero-order valence-electron chi connectivity index (χ0n) is 17.0. The van der Waals surface area contributed by atoms with E-state index in [9.17, 15) is 17.6 Å². The Morgan fingerprint density at radius 3 is 2.61 bits per heavy atom. The van der Waals surface area contributed by atoms with E-state index in [0.29, 0.717) is 5.92 Å². The van der Waals surface area contributed by atoms with Crippen molar-refractivity contribution in [2.75, 3.05) is 6.54 Å². The van der Waals surface area contributed by atoms with Gasteiger partial charge in [0.1, 0.15) is 10.7 Å². The Morgan fingerprint density at radius 2 is 1.97 bits per heavy atom. The summed E-state index contributed by atoms with van der Waals surface area (Å²) in [5, 5.41) is 6.72. The van der Waals surface area contributed by atoms with E-state index in [1.54, 1.807) is 37.4 Å². The van der Waals surface area contributed by atoms with E-state index in [1.807, 2.05) is 6.07 Å². The number of carbonyl (C=O) groups is 1. The van der Waals surface area contributed by atoms with Gasteiger partial charge in [0.15, 0.2) is 0 Å². The molecule has 0 saturated heterocycles. The molecule has 2 aromatic carbocycles. The number of rotatable bonds is 8. The number of hydrogen-bond acceptors (Lipinski definition) is 4. The van der Waals surface area contributed by atoms with Crippen molar-refractivity contribution in [3.8, 4) is 0 Å². The minimum absolute atomic E-state index is 0.0346. The summed E-state index contributed by atoms with van der Waals surface area (Å²) < 4.78 is 43.1. The van der Waals surface area contributed by atoms with Crippen molar-refractivity contribution in [1.29, 1.82) is 0 Å². The summed E-state index contributed by atoms with van der Waals surface area (Å²) in [5.74, 6) is -0.614. The quantitative estimate of drug-likeness (QED) is 0.561. The van der Waals surface area contributed by atoms with E-state index in [0.717, 1.165) is 24.0 Å². The molecule has 1 atom stereocenters. The molecular weight excluding hydrogens is 419 g/mol. The molecule has 31 heavy (non-hydrogen) atoms. The fraction of sp³-hybridized carbons (Fsp3) is 0.273. The lowest BCUT2D eigenvalue weighted by Gasteiger charge is -2.20. The molecule has 7 nitrogen and oxygen atoms in total. The van der Waals surface area contributed by atoms with Crippen LogP contribution in [0.3, 0.4) is 0 Å². The second kappa shape index (κ2) is 8.60. The van der Waals surface area contributed by atoms with E-state index < -0.39 is 27.8 Å². The van der Waals surface area contributed by atoms with Crippen LogP contribution in [0.4, 0.5) is 4.39 Å². The van der Waals surface area contributed by atoms with Crippen LogP contribution in [0.15, 0.2) is 65.8 Å². The SMILES string of the molecule is Cn1cc(S(=O)(=O)NCC(NC(=O)c2cc(F)cc(C3CC3)c2)c2ccccc2)cn1. The number of carbonyl (C=O) groups excluding carboxylic acids is 1. The number of sulfonamides is 1. The van der Waals surface area contributed by atoms with Crippen molar-refractivity contribution in [1.82, 2.24) is 19.8 Å². The molecule has 4 rings (SSSR count). The predicted molar refractivity (Wildman–Crippen MR) is 113 cm³/mol. The van der Waals surface area contributed by atoms with E-state index in [2.05, 4.69) is 15.1 Å². The van der Waals surface area contributed by atoms with Crippen LogP contribution in [0, 0.1) is 5.82 Å². The van der Waals surface area contributed by atoms with Crippen LogP contribution < -0.4 is 10.0 Å². The molecular formula is C22H23FN4O3S. The second-order valence-electron chi connectivity index (χ2n) is 7.69. The minimum atomic E-state index is -3.80. The molecule has 162 valence electrons. The van der Waals surface area contributed by atoms with Crippen molar-refractivity contribution < 1.29 is 17.6 Å². The summed E-state index contributed by atoms with van der Waals surface area (Å²) in [6.07, 6.45) is 4.63. The summed E-state index contributed by atoms with van der Waals surface area (Å²) in [7, 11) is -2.18. The normalized spacial score (nSPS) is 14.9. The van der Waals surface area contributed by atoms with Gasteiger partial charge in [-0.2, -0.15) is 5.10 Å². The number of aryl methyl sites for hydroxylation is 1. The van der Waals surface area contributed by atoms with Gasteiger partial charge in [0.2, 0.25) is 10.0 Å². The first kappa shape index (κ1) is 21.2. The lowest BCUT2D eigenvalue weighted by molar-refractivity contribution is 0.0936. The molecule has 9 heteroatoms. The lowest BCUT2D eigenvalue weighted by atomic mass is 10.0. The fourth-order valence-corrected chi connectivity index (χ4v) is 4.42. The van der Waals surface area contributed by atoms with Crippen LogP contribution in [-0.2, 0) is 17.1 Å². The van der Waals surface area contributed by atoms with E-state index >= 15 is 0 Å². The van der Waals surface area contributed by atoms with Gasteiger partial charge in [-0.25, -0.2) is 17.5 Å². The highest BCUT2D eigenvalue weighted by Crippen LogP contribution is 2.40. The molecule has 0 aliphatic heterocycles. The molecule has 1 aromatic heterocycles. The Hall–Kier alpha value is -3.04. The Labute approximate surface area is 180 Å². The van der Waals surface area contributed by atoms with Crippen molar-refractivity contribution in [2.45, 2.75) is 29.7 Å². The molecule has 1 saturated carbocycles. The molecule has 1 aliphatic rings. The average Bonchev–Trinajstić information content (AvgIpc) is 3.51. The third kappa shape index (κ3) is 5.18. The van der Waals surface area contributed by atoms with Gasteiger partial charge in [-0.15, -0.1) is 0 Å². The third-order valence-corrected chi connectivity index (χ3v) is 6.59. The van der Waals surface area contributed by atoms with Gasteiger partial charge in [0, 0.05) is 25.4 Å². The number of benzene rings is 2. The maximum Gasteiger partial charge on any atom is 0.251 e. The summed E-state index contributed by atoms with van der Waals surface area (Å²) in [6, 6.07) is 12.8. The zero-order valence-corrected chi connectivity index (χ0v) is 17.8. The molecule has 0 bridgehead atoms. The Kier molecular flexibility index (Phi) is 5.88. The van der Waals surface area contributed by atoms with E-state index in [4.69, 9.17) is 0 Å². The Bertz CT molecular complexity index is 1190. The lowest BCUT2D eigenvalue weighted by Crippen LogP contribution is -2.38. The smallest absolute Gasteiger partial charge is 0.251 e. The van der Waals surface area contributed by atoms with Crippen molar-refractivity contribution >= 4 is 15.9 Å². The van der Waals surface area contributed by atoms with Crippen LogP contribution in [0.2, 0.25) is 0 Å². The predicted octanol–water partition coefficient (Wildman–Crippen LogP) is 2.89. The maximum absolute atomic E-state index is 14.1. The molecule has 1 aliphatic carbocycles. The van der Waals surface area contributed by atoms with Crippen LogP contribution in [0.25, 0.3) is 0 Å². The number of halogens is 1. The minimum Gasteiger partial charge on any atom is -0.344 e. The van der Waals surface area contributed by atoms with E-state index in [-0.39, 0.29) is 17.0 Å². The maximum atomic E-state index is 14.1. The topological polar surface area (TPSA) is 93.1 Å². The number of hydrogen-bond donors (Lipinski definition) is 2. The summed E-state index contributed by atoms with van der Waals surface area (Å²) in [5.41, 5.74) is 1.76. The van der Waals surface area contributed by atoms with Gasteiger partial charge >= 0.3 is 0 Å². The monoisotopic (exact) mass is 442 g/mol.